The third-order valence-corrected chi connectivity index (χ3v) is 4.76. The Labute approximate surface area is 131 Å². The number of carbonyl (C=O) groups excluding carboxylic acids is 1. The highest BCUT2D eigenvalue weighted by molar-refractivity contribution is 5.69. The van der Waals surface area contributed by atoms with Gasteiger partial charge in [0.15, 0.2) is 0 Å². The van der Waals surface area contributed by atoms with Crippen molar-refractivity contribution in [3.63, 3.8) is 0 Å². The van der Waals surface area contributed by atoms with E-state index in [4.69, 9.17) is 9.47 Å². The van der Waals surface area contributed by atoms with Crippen LogP contribution >= 0.6 is 0 Å². The van der Waals surface area contributed by atoms with Crippen LogP contribution in [0.1, 0.15) is 32.8 Å². The van der Waals surface area contributed by atoms with Crippen LogP contribution in [0.25, 0.3) is 0 Å². The Balaban J connectivity index is 1.92. The molecule has 1 fully saturated rings. The minimum atomic E-state index is -0.694. The van der Waals surface area contributed by atoms with Gasteiger partial charge in [0, 0.05) is 18.4 Å². The van der Waals surface area contributed by atoms with Crippen LogP contribution in [0.15, 0.2) is 30.3 Å². The van der Waals surface area contributed by atoms with Gasteiger partial charge in [-0.1, -0.05) is 44.2 Å². The molecule has 2 rings (SSSR count). The molecule has 2 N–H and O–H groups in total. The van der Waals surface area contributed by atoms with Crippen molar-refractivity contribution in [3.05, 3.63) is 35.9 Å². The number of benzene rings is 1. The number of ether oxygens (including phenoxy) is 2. The molecule has 1 aliphatic carbocycles. The molecule has 22 heavy (non-hydrogen) atoms. The monoisotopic (exact) mass is 307 g/mol. The third-order valence-electron chi connectivity index (χ3n) is 4.76. The van der Waals surface area contributed by atoms with Crippen LogP contribution in [-0.4, -0.2) is 36.1 Å². The number of hydrogen-bond donors (Lipinski definition) is 2. The van der Waals surface area contributed by atoms with Crippen molar-refractivity contribution in [1.82, 2.24) is 5.32 Å². The van der Waals surface area contributed by atoms with Gasteiger partial charge in [-0.3, -0.25) is 0 Å². The number of aliphatic hydroxyl groups excluding tert-OH is 1. The van der Waals surface area contributed by atoms with Gasteiger partial charge >= 0.3 is 6.09 Å². The van der Waals surface area contributed by atoms with Gasteiger partial charge in [0.1, 0.15) is 6.61 Å². The number of alkyl carbamates (subject to hydrolysis) is 1. The lowest BCUT2D eigenvalue weighted by molar-refractivity contribution is -0.174. The first kappa shape index (κ1) is 16.8. The topological polar surface area (TPSA) is 67.8 Å². The summed E-state index contributed by atoms with van der Waals surface area (Å²) in [7, 11) is 0. The van der Waals surface area contributed by atoms with Gasteiger partial charge in [0.2, 0.25) is 0 Å². The summed E-state index contributed by atoms with van der Waals surface area (Å²) < 4.78 is 10.9. The first-order valence-corrected chi connectivity index (χ1v) is 7.66. The molecule has 1 amide bonds. The molecule has 0 aromatic heterocycles. The second-order valence-corrected chi connectivity index (χ2v) is 6.30. The number of nitrogens with one attached hydrogen (secondary N) is 1. The van der Waals surface area contributed by atoms with Gasteiger partial charge in [-0.15, -0.1) is 0 Å². The molecule has 1 aromatic rings. The third kappa shape index (κ3) is 3.10. The second kappa shape index (κ2) is 6.67. The highest BCUT2D eigenvalue weighted by atomic mass is 16.5. The molecule has 0 aliphatic heterocycles. The van der Waals surface area contributed by atoms with Gasteiger partial charge < -0.3 is 19.9 Å². The molecule has 0 spiro atoms. The average Bonchev–Trinajstić information content (AvgIpc) is 2.52. The zero-order valence-corrected chi connectivity index (χ0v) is 13.5. The van der Waals surface area contributed by atoms with Crippen molar-refractivity contribution >= 4 is 6.09 Å². The summed E-state index contributed by atoms with van der Waals surface area (Å²) in [5.74, 6) is 0. The molecule has 1 saturated carbocycles. The van der Waals surface area contributed by atoms with Crippen molar-refractivity contribution in [2.75, 3.05) is 13.2 Å². The van der Waals surface area contributed by atoms with Crippen LogP contribution in [0.4, 0.5) is 4.79 Å². The highest BCUT2D eigenvalue weighted by Crippen LogP contribution is 2.51. The molecular weight excluding hydrogens is 282 g/mol. The Hall–Kier alpha value is -1.59. The smallest absolute Gasteiger partial charge is 0.408 e. The largest absolute Gasteiger partial charge is 0.445 e. The Morgan fingerprint density at radius 1 is 1.36 bits per heavy atom. The summed E-state index contributed by atoms with van der Waals surface area (Å²) in [4.78, 5) is 12.1. The maximum Gasteiger partial charge on any atom is 0.408 e. The van der Waals surface area contributed by atoms with Crippen molar-refractivity contribution < 1.29 is 19.4 Å². The molecule has 1 aliphatic rings. The first-order chi connectivity index (χ1) is 10.4. The summed E-state index contributed by atoms with van der Waals surface area (Å²) in [6.45, 7) is 6.62. The molecule has 0 bridgehead atoms. The second-order valence-electron chi connectivity index (χ2n) is 6.30. The Bertz CT molecular complexity index is 503. The standard InChI is InChI=1S/C17H25NO4/c1-4-21-14-10-17(12-19,16(14,2)3)18-15(20)22-11-13-8-6-5-7-9-13/h5-9,14,19H,4,10-12H2,1-3H3,(H,18,20). The van der Waals surface area contributed by atoms with Gasteiger partial charge in [-0.05, 0) is 12.5 Å². The molecule has 122 valence electrons. The average molecular weight is 307 g/mol. The van der Waals surface area contributed by atoms with Crippen LogP contribution in [0.5, 0.6) is 0 Å². The fourth-order valence-electron chi connectivity index (χ4n) is 2.95. The van der Waals surface area contributed by atoms with E-state index in [-0.39, 0.29) is 24.7 Å². The Morgan fingerprint density at radius 3 is 2.59 bits per heavy atom. The molecule has 5 heteroatoms. The predicted octanol–water partition coefficient (Wildman–Crippen LogP) is 2.48. The van der Waals surface area contributed by atoms with Crippen LogP contribution in [0.3, 0.4) is 0 Å². The van der Waals surface area contributed by atoms with Crippen LogP contribution in [0.2, 0.25) is 0 Å². The maximum absolute atomic E-state index is 12.1. The highest BCUT2D eigenvalue weighted by Gasteiger charge is 2.61. The van der Waals surface area contributed by atoms with Gasteiger partial charge in [-0.25, -0.2) is 4.79 Å². The SMILES string of the molecule is CCOC1CC(CO)(NC(=O)OCc2ccccc2)C1(C)C. The fourth-order valence-corrected chi connectivity index (χ4v) is 2.95. The number of aliphatic hydroxyl groups is 1. The van der Waals surface area contributed by atoms with Crippen molar-refractivity contribution in [2.45, 2.75) is 45.4 Å². The lowest BCUT2D eigenvalue weighted by Gasteiger charge is -2.60. The summed E-state index contributed by atoms with van der Waals surface area (Å²) in [6, 6.07) is 9.50. The first-order valence-electron chi connectivity index (χ1n) is 7.66. The lowest BCUT2D eigenvalue weighted by atomic mass is 9.54. The van der Waals surface area contributed by atoms with Crippen LogP contribution < -0.4 is 5.32 Å². The van der Waals surface area contributed by atoms with Crippen LogP contribution in [0, 0.1) is 5.41 Å². The fraction of sp³-hybridized carbons (Fsp3) is 0.588. The van der Waals surface area contributed by atoms with Crippen molar-refractivity contribution in [3.8, 4) is 0 Å². The summed E-state index contributed by atoms with van der Waals surface area (Å²) in [5.41, 5.74) is -0.111. The number of amides is 1. The lowest BCUT2D eigenvalue weighted by Crippen LogP contribution is -2.74. The Kier molecular flexibility index (Phi) is 5.08. The molecule has 1 aromatic carbocycles. The van der Waals surface area contributed by atoms with E-state index in [1.807, 2.05) is 51.1 Å². The van der Waals surface area contributed by atoms with Gasteiger partial charge in [-0.2, -0.15) is 0 Å². The summed E-state index contributed by atoms with van der Waals surface area (Å²) in [5, 5.41) is 12.6. The van der Waals surface area contributed by atoms with E-state index in [2.05, 4.69) is 5.32 Å². The molecule has 2 atom stereocenters. The molecule has 0 saturated heterocycles. The van der Waals surface area contributed by atoms with E-state index in [0.29, 0.717) is 13.0 Å². The summed E-state index contributed by atoms with van der Waals surface area (Å²) in [6.07, 6.45) is 0.102. The molecule has 5 nitrogen and oxygen atoms in total. The Morgan fingerprint density at radius 2 is 2.05 bits per heavy atom. The van der Waals surface area contributed by atoms with E-state index in [9.17, 15) is 9.90 Å². The predicted molar refractivity (Wildman–Crippen MR) is 83.4 cm³/mol. The molecule has 0 radical (unpaired) electrons. The van der Waals surface area contributed by atoms with Crippen LogP contribution in [-0.2, 0) is 16.1 Å². The number of carbonyl (C=O) groups is 1. The normalized spacial score (nSPS) is 26.1. The van der Waals surface area contributed by atoms with E-state index >= 15 is 0 Å². The van der Waals surface area contributed by atoms with E-state index < -0.39 is 11.6 Å². The quantitative estimate of drug-likeness (QED) is 0.847. The van der Waals surface area contributed by atoms with Gasteiger partial charge in [0.05, 0.1) is 18.2 Å². The molecular formula is C17H25NO4. The van der Waals surface area contributed by atoms with E-state index in [1.165, 1.54) is 0 Å². The maximum atomic E-state index is 12.1. The van der Waals surface area contributed by atoms with E-state index in [1.54, 1.807) is 0 Å². The van der Waals surface area contributed by atoms with Crippen molar-refractivity contribution in [2.24, 2.45) is 5.41 Å². The van der Waals surface area contributed by atoms with Crippen molar-refractivity contribution in [1.29, 1.82) is 0 Å². The zero-order valence-electron chi connectivity index (χ0n) is 13.5. The zero-order chi connectivity index (χ0) is 16.2. The summed E-state index contributed by atoms with van der Waals surface area (Å²) >= 11 is 0. The minimum absolute atomic E-state index is 0.0269. The number of hydrogen-bond acceptors (Lipinski definition) is 4. The van der Waals surface area contributed by atoms with Gasteiger partial charge in [0.25, 0.3) is 0 Å². The number of rotatable bonds is 6. The molecule has 0 heterocycles. The van der Waals surface area contributed by atoms with E-state index in [0.717, 1.165) is 5.56 Å². The molecule has 2 unspecified atom stereocenters. The minimum Gasteiger partial charge on any atom is -0.445 e.